The molecule has 8 N–H and O–H groups in total. The molecule has 1 heterocycles. The Labute approximate surface area is 155 Å². The fourth-order valence-corrected chi connectivity index (χ4v) is 2.40. The lowest BCUT2D eigenvalue weighted by Crippen LogP contribution is -2.29. The molecule has 0 aliphatic rings. The number of rotatable bonds is 7. The zero-order chi connectivity index (χ0) is 20.6. The maximum Gasteiger partial charge on any atom is 0.340 e. The van der Waals surface area contributed by atoms with Crippen molar-refractivity contribution in [3.05, 3.63) is 39.7 Å². The Balaban J connectivity index is 0.000000314. The number of nitrogen functional groups attached to an aromatic ring is 1. The Kier molecular flexibility index (Phi) is 8.43. The highest BCUT2D eigenvalue weighted by Gasteiger charge is 2.14. The van der Waals surface area contributed by atoms with E-state index >= 15 is 0 Å². The molecule has 1 aromatic carbocycles. The van der Waals surface area contributed by atoms with E-state index in [0.29, 0.717) is 35.2 Å². The van der Waals surface area contributed by atoms with Gasteiger partial charge in [-0.15, -0.1) is 0 Å². The minimum absolute atomic E-state index is 0.176. The monoisotopic (exact) mass is 379 g/mol. The summed E-state index contributed by atoms with van der Waals surface area (Å²) in [5, 5.41) is 17.8. The molecule has 0 amide bonds. The van der Waals surface area contributed by atoms with Crippen LogP contribution in [0.1, 0.15) is 30.4 Å². The molecule has 0 aliphatic heterocycles. The van der Waals surface area contributed by atoms with E-state index in [0.717, 1.165) is 12.8 Å². The van der Waals surface area contributed by atoms with E-state index in [-0.39, 0.29) is 12.0 Å². The zero-order valence-electron chi connectivity index (χ0n) is 15.1. The van der Waals surface area contributed by atoms with Crippen molar-refractivity contribution < 1.29 is 24.2 Å². The molecular weight excluding hydrogens is 354 g/mol. The predicted molar refractivity (Wildman–Crippen MR) is 101 cm³/mol. The number of anilines is 1. The maximum atomic E-state index is 11.6. The first-order chi connectivity index (χ1) is 12.7. The van der Waals surface area contributed by atoms with Gasteiger partial charge in [0.1, 0.15) is 11.6 Å². The Bertz CT molecular complexity index is 862. The molecular formula is C18H25N3O6. The number of carboxylic acids is 2. The molecule has 0 saturated carbocycles. The van der Waals surface area contributed by atoms with Crippen LogP contribution in [0, 0.1) is 6.92 Å². The number of unbranched alkanes of at least 4 members (excludes halogenated alkanes) is 1. The number of benzene rings is 1. The summed E-state index contributed by atoms with van der Waals surface area (Å²) >= 11 is 0. The first-order valence-electron chi connectivity index (χ1n) is 8.39. The molecule has 2 aromatic rings. The van der Waals surface area contributed by atoms with E-state index in [1.54, 1.807) is 25.1 Å². The van der Waals surface area contributed by atoms with Crippen LogP contribution in [0.4, 0.5) is 5.69 Å². The van der Waals surface area contributed by atoms with Gasteiger partial charge in [0.25, 0.3) is 0 Å². The number of aryl methyl sites for hydroxylation is 1. The predicted octanol–water partition coefficient (Wildman–Crippen LogP) is 0.838. The Morgan fingerprint density at radius 2 is 1.89 bits per heavy atom. The van der Waals surface area contributed by atoms with Crippen molar-refractivity contribution in [1.82, 2.24) is 0 Å². The molecule has 9 heteroatoms. The fraction of sp³-hybridized carbons (Fsp3) is 0.389. The second kappa shape index (κ2) is 10.3. The third-order valence-corrected chi connectivity index (χ3v) is 3.93. The lowest BCUT2D eigenvalue weighted by Gasteiger charge is -2.06. The van der Waals surface area contributed by atoms with E-state index in [4.69, 9.17) is 31.8 Å². The van der Waals surface area contributed by atoms with Gasteiger partial charge >= 0.3 is 17.6 Å². The standard InChI is InChI=1S/C12H11NO4.C6H14N2O2/c1-6-8-3-2-7(13)4-10(8)17-12(16)9(6)5-11(14)15;7-4-2-1-3-5(8)6(9)10/h2-4H,5,13H2,1H3,(H,14,15);5H,1-4,7-8H2,(H,9,10)/t;5-/m.0/s1. The first kappa shape index (κ1) is 22.1. The second-order valence-electron chi connectivity index (χ2n) is 6.05. The lowest BCUT2D eigenvalue weighted by molar-refractivity contribution is -0.139. The van der Waals surface area contributed by atoms with E-state index in [1.807, 2.05) is 0 Å². The molecule has 1 atom stereocenters. The van der Waals surface area contributed by atoms with Crippen LogP contribution in [0.15, 0.2) is 27.4 Å². The summed E-state index contributed by atoms with van der Waals surface area (Å²) in [6, 6.07) is 4.23. The fourth-order valence-electron chi connectivity index (χ4n) is 2.40. The van der Waals surface area contributed by atoms with Crippen molar-refractivity contribution in [2.45, 2.75) is 38.6 Å². The van der Waals surface area contributed by atoms with Crippen LogP contribution in [0.3, 0.4) is 0 Å². The van der Waals surface area contributed by atoms with Crippen molar-refractivity contribution >= 4 is 28.6 Å². The van der Waals surface area contributed by atoms with Gasteiger partial charge in [0.05, 0.1) is 12.0 Å². The third-order valence-electron chi connectivity index (χ3n) is 3.93. The second-order valence-corrected chi connectivity index (χ2v) is 6.05. The largest absolute Gasteiger partial charge is 0.481 e. The average Bonchev–Trinajstić information content (AvgIpc) is 2.58. The Hall–Kier alpha value is -2.91. The summed E-state index contributed by atoms with van der Waals surface area (Å²) in [4.78, 5) is 32.4. The smallest absolute Gasteiger partial charge is 0.340 e. The normalized spacial score (nSPS) is 11.5. The van der Waals surface area contributed by atoms with Crippen molar-refractivity contribution in [2.24, 2.45) is 11.5 Å². The van der Waals surface area contributed by atoms with Gasteiger partial charge in [0.2, 0.25) is 0 Å². The van der Waals surface area contributed by atoms with Crippen LogP contribution in [-0.4, -0.2) is 34.7 Å². The molecule has 2 rings (SSSR count). The Morgan fingerprint density at radius 3 is 2.44 bits per heavy atom. The molecule has 148 valence electrons. The topological polar surface area (TPSA) is 183 Å². The van der Waals surface area contributed by atoms with E-state index < -0.39 is 23.6 Å². The first-order valence-corrected chi connectivity index (χ1v) is 8.39. The minimum atomic E-state index is -1.06. The molecule has 0 saturated heterocycles. The van der Waals surface area contributed by atoms with E-state index in [9.17, 15) is 14.4 Å². The minimum Gasteiger partial charge on any atom is -0.481 e. The van der Waals surface area contributed by atoms with Gasteiger partial charge in [-0.05, 0) is 44.0 Å². The van der Waals surface area contributed by atoms with Gasteiger partial charge in [-0.25, -0.2) is 4.79 Å². The van der Waals surface area contributed by atoms with Gasteiger partial charge in [0, 0.05) is 17.1 Å². The molecule has 0 radical (unpaired) electrons. The maximum absolute atomic E-state index is 11.6. The van der Waals surface area contributed by atoms with Crippen LogP contribution >= 0.6 is 0 Å². The highest BCUT2D eigenvalue weighted by molar-refractivity contribution is 5.85. The van der Waals surface area contributed by atoms with Crippen LogP contribution in [0.25, 0.3) is 11.0 Å². The molecule has 9 nitrogen and oxygen atoms in total. The van der Waals surface area contributed by atoms with E-state index in [2.05, 4.69) is 0 Å². The number of fused-ring (bicyclic) bond motifs is 1. The van der Waals surface area contributed by atoms with Crippen molar-refractivity contribution in [3.63, 3.8) is 0 Å². The highest BCUT2D eigenvalue weighted by atomic mass is 16.4. The summed E-state index contributed by atoms with van der Waals surface area (Å²) in [5.74, 6) is -1.99. The number of carbonyl (C=O) groups is 2. The molecule has 0 fully saturated rings. The molecule has 0 bridgehead atoms. The van der Waals surface area contributed by atoms with Gasteiger partial charge in [-0.1, -0.05) is 6.42 Å². The van der Waals surface area contributed by atoms with Crippen molar-refractivity contribution in [1.29, 1.82) is 0 Å². The molecule has 27 heavy (non-hydrogen) atoms. The summed E-state index contributed by atoms with van der Waals surface area (Å²) in [5.41, 5.74) is 17.1. The molecule has 1 aromatic heterocycles. The van der Waals surface area contributed by atoms with E-state index in [1.165, 1.54) is 0 Å². The van der Waals surface area contributed by atoms with Crippen LogP contribution in [-0.2, 0) is 16.0 Å². The molecule has 0 unspecified atom stereocenters. The molecule has 0 spiro atoms. The highest BCUT2D eigenvalue weighted by Crippen LogP contribution is 2.21. The molecule has 0 aliphatic carbocycles. The number of hydrogen-bond donors (Lipinski definition) is 5. The van der Waals surface area contributed by atoms with Crippen molar-refractivity contribution in [2.75, 3.05) is 12.3 Å². The van der Waals surface area contributed by atoms with Crippen LogP contribution in [0.2, 0.25) is 0 Å². The van der Waals surface area contributed by atoms with Gasteiger partial charge in [-0.3, -0.25) is 9.59 Å². The lowest BCUT2D eigenvalue weighted by atomic mass is 10.0. The summed E-state index contributed by atoms with van der Waals surface area (Å²) in [7, 11) is 0. The van der Waals surface area contributed by atoms with Gasteiger partial charge in [-0.2, -0.15) is 0 Å². The van der Waals surface area contributed by atoms with Crippen molar-refractivity contribution in [3.8, 4) is 0 Å². The third kappa shape index (κ3) is 6.72. The number of hydrogen-bond acceptors (Lipinski definition) is 7. The van der Waals surface area contributed by atoms with Gasteiger partial charge < -0.3 is 31.8 Å². The number of carboxylic acid groups (broad SMARTS) is 2. The summed E-state index contributed by atoms with van der Waals surface area (Å²) in [6.45, 7) is 2.31. The zero-order valence-corrected chi connectivity index (χ0v) is 15.1. The number of nitrogens with two attached hydrogens (primary N) is 3. The quantitative estimate of drug-likeness (QED) is 0.264. The van der Waals surface area contributed by atoms with Crippen LogP contribution < -0.4 is 22.8 Å². The van der Waals surface area contributed by atoms with Crippen LogP contribution in [0.5, 0.6) is 0 Å². The SMILES string of the molecule is Cc1c(CC(=O)O)c(=O)oc2cc(N)ccc12.NCCCC[C@H](N)C(=O)O. The Morgan fingerprint density at radius 1 is 1.22 bits per heavy atom. The summed E-state index contributed by atoms with van der Waals surface area (Å²) < 4.78 is 5.06. The number of aliphatic carboxylic acids is 2. The van der Waals surface area contributed by atoms with Gasteiger partial charge in [0.15, 0.2) is 0 Å². The summed E-state index contributed by atoms with van der Waals surface area (Å²) in [6.07, 6.45) is 1.83. The average molecular weight is 379 g/mol.